The number of nitrogens with one attached hydrogen (secondary N) is 2. The second-order valence-corrected chi connectivity index (χ2v) is 5.51. The molecule has 1 aromatic carbocycles. The third-order valence-electron chi connectivity index (χ3n) is 3.11. The first-order chi connectivity index (χ1) is 9.60. The SMILES string of the molecule is CCC(CC)NC(=O)COc1ccc(Br)c(CNC)c1. The molecule has 112 valence electrons. The lowest BCUT2D eigenvalue weighted by atomic mass is 10.2. The molecule has 20 heavy (non-hydrogen) atoms. The monoisotopic (exact) mass is 342 g/mol. The quantitative estimate of drug-likeness (QED) is 0.763. The number of halogens is 1. The molecule has 0 aromatic heterocycles. The smallest absolute Gasteiger partial charge is 0.258 e. The Labute approximate surface area is 129 Å². The number of ether oxygens (including phenoxy) is 1. The van der Waals surface area contributed by atoms with E-state index in [2.05, 4.69) is 40.4 Å². The van der Waals surface area contributed by atoms with Gasteiger partial charge >= 0.3 is 0 Å². The summed E-state index contributed by atoms with van der Waals surface area (Å²) >= 11 is 3.49. The summed E-state index contributed by atoms with van der Waals surface area (Å²) in [7, 11) is 1.89. The van der Waals surface area contributed by atoms with Crippen molar-refractivity contribution >= 4 is 21.8 Å². The van der Waals surface area contributed by atoms with Gasteiger partial charge in [-0.25, -0.2) is 0 Å². The summed E-state index contributed by atoms with van der Waals surface area (Å²) in [5.41, 5.74) is 1.10. The van der Waals surface area contributed by atoms with Gasteiger partial charge in [-0.2, -0.15) is 0 Å². The Morgan fingerprint density at radius 3 is 2.65 bits per heavy atom. The maximum Gasteiger partial charge on any atom is 0.258 e. The molecule has 0 heterocycles. The fraction of sp³-hybridized carbons (Fsp3) is 0.533. The van der Waals surface area contributed by atoms with Gasteiger partial charge in [-0.05, 0) is 43.7 Å². The molecule has 0 fully saturated rings. The lowest BCUT2D eigenvalue weighted by molar-refractivity contribution is -0.123. The van der Waals surface area contributed by atoms with Crippen molar-refractivity contribution in [2.24, 2.45) is 0 Å². The molecular formula is C15H23BrN2O2. The molecule has 0 saturated carbocycles. The van der Waals surface area contributed by atoms with E-state index in [1.807, 2.05) is 25.2 Å². The Morgan fingerprint density at radius 2 is 2.05 bits per heavy atom. The molecule has 0 aliphatic rings. The highest BCUT2D eigenvalue weighted by atomic mass is 79.9. The zero-order valence-electron chi connectivity index (χ0n) is 12.3. The van der Waals surface area contributed by atoms with E-state index in [9.17, 15) is 4.79 Å². The summed E-state index contributed by atoms with van der Waals surface area (Å²) < 4.78 is 6.57. The molecule has 2 N–H and O–H groups in total. The molecule has 0 spiro atoms. The van der Waals surface area contributed by atoms with Crippen LogP contribution in [0.15, 0.2) is 22.7 Å². The Balaban J connectivity index is 2.52. The maximum atomic E-state index is 11.8. The molecule has 0 bridgehead atoms. The Bertz CT molecular complexity index is 434. The summed E-state index contributed by atoms with van der Waals surface area (Å²) in [6, 6.07) is 5.95. The number of hydrogen-bond acceptors (Lipinski definition) is 3. The predicted octanol–water partition coefficient (Wildman–Crippen LogP) is 2.85. The van der Waals surface area contributed by atoms with E-state index in [1.165, 1.54) is 0 Å². The third kappa shape index (κ3) is 5.51. The van der Waals surface area contributed by atoms with Crippen LogP contribution in [0, 0.1) is 0 Å². The van der Waals surface area contributed by atoms with Gasteiger partial charge < -0.3 is 15.4 Å². The maximum absolute atomic E-state index is 11.8. The second kappa shape index (κ2) is 8.97. The lowest BCUT2D eigenvalue weighted by Crippen LogP contribution is -2.37. The third-order valence-corrected chi connectivity index (χ3v) is 3.88. The number of rotatable bonds is 8. The first-order valence-electron chi connectivity index (χ1n) is 6.95. The van der Waals surface area contributed by atoms with E-state index >= 15 is 0 Å². The highest BCUT2D eigenvalue weighted by Gasteiger charge is 2.09. The molecule has 0 atom stereocenters. The first kappa shape index (κ1) is 17.0. The van der Waals surface area contributed by atoms with Crippen LogP contribution >= 0.6 is 15.9 Å². The predicted molar refractivity (Wildman–Crippen MR) is 84.9 cm³/mol. The lowest BCUT2D eigenvalue weighted by Gasteiger charge is -2.15. The van der Waals surface area contributed by atoms with Gasteiger partial charge in [0.15, 0.2) is 6.61 Å². The number of amides is 1. The van der Waals surface area contributed by atoms with Crippen molar-refractivity contribution < 1.29 is 9.53 Å². The first-order valence-corrected chi connectivity index (χ1v) is 7.75. The van der Waals surface area contributed by atoms with Gasteiger partial charge in [-0.3, -0.25) is 4.79 Å². The molecule has 1 aromatic rings. The normalized spacial score (nSPS) is 10.7. The molecule has 0 unspecified atom stereocenters. The summed E-state index contributed by atoms with van der Waals surface area (Å²) in [5, 5.41) is 6.05. The van der Waals surface area contributed by atoms with Gasteiger partial charge in [0.2, 0.25) is 0 Å². The minimum atomic E-state index is -0.0724. The van der Waals surface area contributed by atoms with E-state index in [0.717, 1.165) is 29.4 Å². The zero-order valence-corrected chi connectivity index (χ0v) is 13.9. The van der Waals surface area contributed by atoms with Gasteiger partial charge in [-0.1, -0.05) is 29.8 Å². The average Bonchev–Trinajstić information content (AvgIpc) is 2.45. The van der Waals surface area contributed by atoms with Crippen LogP contribution in [0.25, 0.3) is 0 Å². The van der Waals surface area contributed by atoms with Crippen LogP contribution in [0.4, 0.5) is 0 Å². The largest absolute Gasteiger partial charge is 0.484 e. The minimum absolute atomic E-state index is 0.0527. The second-order valence-electron chi connectivity index (χ2n) is 4.65. The summed E-state index contributed by atoms with van der Waals surface area (Å²) in [6.07, 6.45) is 1.87. The molecule has 0 radical (unpaired) electrons. The van der Waals surface area contributed by atoms with Gasteiger partial charge in [0.25, 0.3) is 5.91 Å². The molecule has 5 heteroatoms. The highest BCUT2D eigenvalue weighted by Crippen LogP contribution is 2.22. The van der Waals surface area contributed by atoms with E-state index in [4.69, 9.17) is 4.74 Å². The molecule has 1 amide bonds. The van der Waals surface area contributed by atoms with Crippen molar-refractivity contribution in [2.75, 3.05) is 13.7 Å². The number of carbonyl (C=O) groups excluding carboxylic acids is 1. The summed E-state index contributed by atoms with van der Waals surface area (Å²) in [4.78, 5) is 11.8. The number of carbonyl (C=O) groups is 1. The molecular weight excluding hydrogens is 320 g/mol. The number of benzene rings is 1. The van der Waals surface area contributed by atoms with E-state index in [-0.39, 0.29) is 18.6 Å². The standard InChI is InChI=1S/C15H23BrN2O2/c1-4-12(5-2)18-15(19)10-20-13-6-7-14(16)11(8-13)9-17-3/h6-8,12,17H,4-5,9-10H2,1-3H3,(H,18,19). The fourth-order valence-electron chi connectivity index (χ4n) is 1.88. The van der Waals surface area contributed by atoms with Crippen molar-refractivity contribution in [1.82, 2.24) is 10.6 Å². The van der Waals surface area contributed by atoms with Crippen LogP contribution in [-0.4, -0.2) is 25.6 Å². The molecule has 1 rings (SSSR count). The minimum Gasteiger partial charge on any atom is -0.484 e. The Morgan fingerprint density at radius 1 is 1.35 bits per heavy atom. The van der Waals surface area contributed by atoms with Crippen molar-refractivity contribution in [2.45, 2.75) is 39.3 Å². The molecule has 0 aliphatic carbocycles. The van der Waals surface area contributed by atoms with Crippen LogP contribution in [0.2, 0.25) is 0 Å². The zero-order chi connectivity index (χ0) is 15.0. The Hall–Kier alpha value is -1.07. The topological polar surface area (TPSA) is 50.4 Å². The van der Waals surface area contributed by atoms with Crippen LogP contribution < -0.4 is 15.4 Å². The highest BCUT2D eigenvalue weighted by molar-refractivity contribution is 9.10. The fourth-order valence-corrected chi connectivity index (χ4v) is 2.26. The molecule has 0 aliphatic heterocycles. The van der Waals surface area contributed by atoms with Gasteiger partial charge in [-0.15, -0.1) is 0 Å². The molecule has 4 nitrogen and oxygen atoms in total. The van der Waals surface area contributed by atoms with Gasteiger partial charge in [0, 0.05) is 17.1 Å². The van der Waals surface area contributed by atoms with Crippen molar-refractivity contribution in [3.63, 3.8) is 0 Å². The van der Waals surface area contributed by atoms with Crippen molar-refractivity contribution in [1.29, 1.82) is 0 Å². The summed E-state index contributed by atoms with van der Waals surface area (Å²) in [5.74, 6) is 0.634. The average molecular weight is 343 g/mol. The van der Waals surface area contributed by atoms with Crippen LogP contribution in [0.5, 0.6) is 5.75 Å². The molecule has 0 saturated heterocycles. The number of hydrogen-bond donors (Lipinski definition) is 2. The van der Waals surface area contributed by atoms with Crippen LogP contribution in [0.3, 0.4) is 0 Å². The summed E-state index contributed by atoms with van der Waals surface area (Å²) in [6.45, 7) is 4.93. The van der Waals surface area contributed by atoms with Gasteiger partial charge in [0.1, 0.15) is 5.75 Å². The van der Waals surface area contributed by atoms with Crippen molar-refractivity contribution in [3.8, 4) is 5.75 Å². The Kier molecular flexibility index (Phi) is 7.62. The van der Waals surface area contributed by atoms with Crippen molar-refractivity contribution in [3.05, 3.63) is 28.2 Å². The van der Waals surface area contributed by atoms with E-state index in [1.54, 1.807) is 0 Å². The van der Waals surface area contributed by atoms with E-state index in [0.29, 0.717) is 5.75 Å². The van der Waals surface area contributed by atoms with Crippen LogP contribution in [0.1, 0.15) is 32.3 Å². The van der Waals surface area contributed by atoms with Gasteiger partial charge in [0.05, 0.1) is 0 Å². The van der Waals surface area contributed by atoms with E-state index < -0.39 is 0 Å². The van der Waals surface area contributed by atoms with Crippen LogP contribution in [-0.2, 0) is 11.3 Å².